The Hall–Kier alpha value is -5.14. The van der Waals surface area contributed by atoms with Gasteiger partial charge in [-0.05, 0) is 0 Å². The van der Waals surface area contributed by atoms with Crippen LogP contribution in [0.5, 0.6) is 0 Å². The number of carbonyl (C=O) groups is 6. The molecule has 10 rings (SSSR count). The lowest BCUT2D eigenvalue weighted by molar-refractivity contribution is -0.401. The third kappa shape index (κ3) is 24.5. The Morgan fingerprint density at radius 1 is 0.311 bits per heavy atom. The van der Waals surface area contributed by atoms with Gasteiger partial charge >= 0.3 is 11.9 Å². The van der Waals surface area contributed by atoms with E-state index < -0.39 is 432 Å². The molecule has 4 amide bonds. The first-order valence-electron chi connectivity index (χ1n) is 42.4. The van der Waals surface area contributed by atoms with Crippen LogP contribution in [-0.4, -0.2) is 583 Å². The van der Waals surface area contributed by atoms with Crippen molar-refractivity contribution in [2.75, 3.05) is 66.1 Å². The molecule has 0 unspecified atom stereocenters. The van der Waals surface area contributed by atoms with E-state index in [1.165, 1.54) is 0 Å². The molecule has 0 bridgehead atoms. The summed E-state index contributed by atoms with van der Waals surface area (Å²) in [5.74, 6) is -14.5. The summed E-state index contributed by atoms with van der Waals surface area (Å²) in [6.07, 6.45) is -107. The standard InChI is InChI=1S/C74H122N4O57/c1-17(87)75-33-21(91)5-73(71(113)114,133-57(33)37(95)23(93)7-79)118-16-32-41(99)46(104)51(109)66(126-32)127-54-29(13-85)123-64(35(44(54)102)77-19(3)89)131-61-47(105)39(97)25(9-81)121-69(61)117-15-31-43(101)59(52(110)67(125-31)129-56-28(12-84)119-63(112)50(108)49(56)107)130-70-62(48(106)40(98)26(10-82)122-70)132-65-36(78-20(4)90)45(103)55(30(14-86)124-65)128-68-53(111)60(42(100)27(11-83)120-68)135-74(72(115)116)6-22(92)34(76-18(2)88)58(134-74)38(96)24(94)8-80/h21-70,79-86,91-112H,5-16H2,1-4H3,(H,75,87)(H,76,88)(H,77,89)(H,78,90)(H,113,114)(H,115,116)/t21-,22-,23+,24+,25+,26+,27+,28+,29+,30+,31+,32+,33+,34+,35+,36+,37+,38+,39+,40+,41-,42-,43+,44+,45+,46-,47-,48-,49+,50+,51+,52-,53+,54+,55+,56+,57+,58+,59-,60-,61-,62-,63+,64-,65-,66-,67-,68-,69-,70+,73+,74-/m0/s1. The van der Waals surface area contributed by atoms with Gasteiger partial charge in [0.1, 0.15) is 232 Å². The van der Waals surface area contributed by atoms with Crippen molar-refractivity contribution in [1.82, 2.24) is 21.3 Å². The molecular formula is C74H122N4O57. The summed E-state index contributed by atoms with van der Waals surface area (Å²) >= 11 is 0. The second kappa shape index (κ2) is 47.8. The average Bonchev–Trinajstić information content (AvgIpc) is 0.733. The molecule has 135 heavy (non-hydrogen) atoms. The van der Waals surface area contributed by atoms with Gasteiger partial charge in [-0.2, -0.15) is 0 Å². The molecule has 10 aliphatic heterocycles. The van der Waals surface area contributed by atoms with Crippen molar-refractivity contribution in [3.8, 4) is 0 Å². The maximum absolute atomic E-state index is 13.3. The predicted octanol–water partition coefficient (Wildman–Crippen LogP) is -23.8. The molecule has 0 aliphatic carbocycles. The smallest absolute Gasteiger partial charge is 0.364 e. The number of aliphatic hydroxyl groups is 30. The SMILES string of the molecule is CC(=O)N[C@H]1[C@H](O[C@@H]2[C@@H](OC[C@H]3O[C@@H](O[C@H]4[C@H](O)[C@@H](O)[C@H](O)O[C@@H]4CO)[C@@H](O)[C@@H](O[C@H]4O[C@H](CO)[C@@H](O)[C@H](O)[C@@H]4O[C@@H]4O[C@H](CO)[C@@H](O[C@@H]5O[C@H](CO)[C@H](O)[C@H](O[C@]6(C(=O)O)C[C@H](O)[C@@H](NC(C)=O)[C@H]([C@H](O)[C@H](O)CO)O6)[C@H]5O)[C@H](O)[C@H]4NC(C)=O)[C@@H]3O)O[C@H](CO)[C@@H](O)[C@@H]2O)O[C@H](CO)[C@@H](O[C@@H]2O[C@H](CO[C@]3(C(=O)O)C[C@H](O)[C@@H](NC(C)=O)[C@H]([C@H](O)[C@H](O)CO)O3)[C@H](O)[C@H](O)[C@H]2O)[C@@H]1O. The number of hydrogen-bond acceptors (Lipinski definition) is 55. The number of hydrogen-bond donors (Lipinski definition) is 36. The van der Waals surface area contributed by atoms with Crippen molar-refractivity contribution in [2.24, 2.45) is 0 Å². The van der Waals surface area contributed by atoms with Gasteiger partial charge in [0.15, 0.2) is 50.3 Å². The lowest BCUT2D eigenvalue weighted by Crippen LogP contribution is -2.71. The number of carbonyl (C=O) groups excluding carboxylic acids is 4. The lowest BCUT2D eigenvalue weighted by Gasteiger charge is -2.51. The van der Waals surface area contributed by atoms with Crippen LogP contribution in [0.3, 0.4) is 0 Å². The minimum Gasteiger partial charge on any atom is -0.477 e. The van der Waals surface area contributed by atoms with Crippen molar-refractivity contribution in [2.45, 2.75) is 359 Å². The molecule has 0 aromatic rings. The highest BCUT2D eigenvalue weighted by Gasteiger charge is 2.65. The number of aliphatic carboxylic acids is 2. The molecule has 52 atom stereocenters. The second-order valence-electron chi connectivity index (χ2n) is 33.9. The van der Waals surface area contributed by atoms with E-state index in [0.717, 1.165) is 27.7 Å². The first-order valence-corrected chi connectivity index (χ1v) is 42.4. The normalized spacial score (nSPS) is 47.0. The van der Waals surface area contributed by atoms with E-state index in [4.69, 9.17) is 90.0 Å². The van der Waals surface area contributed by atoms with Crippen LogP contribution >= 0.6 is 0 Å². The monoisotopic (exact) mass is 1980 g/mol. The first kappa shape index (κ1) is 112. The van der Waals surface area contributed by atoms with Gasteiger partial charge in [-0.1, -0.05) is 0 Å². The third-order valence-corrected chi connectivity index (χ3v) is 24.4. The molecule has 0 saturated carbocycles. The van der Waals surface area contributed by atoms with Crippen LogP contribution in [0.15, 0.2) is 0 Å². The number of aliphatic hydroxyl groups excluding tert-OH is 30. The van der Waals surface area contributed by atoms with Gasteiger partial charge in [-0.15, -0.1) is 0 Å². The third-order valence-electron chi connectivity index (χ3n) is 24.4. The molecule has 61 nitrogen and oxygen atoms in total. The fourth-order valence-corrected chi connectivity index (χ4v) is 17.2. The summed E-state index contributed by atoms with van der Waals surface area (Å²) in [7, 11) is 0. The minimum absolute atomic E-state index is 0.848. The Balaban J connectivity index is 0.905. The molecule has 10 heterocycles. The van der Waals surface area contributed by atoms with Crippen molar-refractivity contribution in [3.05, 3.63) is 0 Å². The zero-order valence-electron chi connectivity index (χ0n) is 71.9. The molecule has 0 spiro atoms. The highest BCUT2D eigenvalue weighted by molar-refractivity contribution is 5.78. The number of carboxylic acid groups (broad SMARTS) is 2. The van der Waals surface area contributed by atoms with Crippen LogP contribution < -0.4 is 21.3 Å². The highest BCUT2D eigenvalue weighted by atomic mass is 16.8. The van der Waals surface area contributed by atoms with Gasteiger partial charge in [0.25, 0.3) is 11.6 Å². The van der Waals surface area contributed by atoms with Crippen LogP contribution in [-0.2, 0) is 119 Å². The molecule has 780 valence electrons. The van der Waals surface area contributed by atoms with Gasteiger partial charge < -0.3 is 275 Å². The van der Waals surface area contributed by atoms with E-state index in [1.54, 1.807) is 0 Å². The number of rotatable bonds is 38. The van der Waals surface area contributed by atoms with Gasteiger partial charge in [0.05, 0.1) is 90.4 Å². The van der Waals surface area contributed by atoms with Crippen molar-refractivity contribution in [1.29, 1.82) is 0 Å². The maximum Gasteiger partial charge on any atom is 0.364 e. The zero-order valence-corrected chi connectivity index (χ0v) is 71.9. The van der Waals surface area contributed by atoms with E-state index in [2.05, 4.69) is 21.3 Å². The second-order valence-corrected chi connectivity index (χ2v) is 33.9. The van der Waals surface area contributed by atoms with E-state index in [0.29, 0.717) is 0 Å². The van der Waals surface area contributed by atoms with Crippen LogP contribution in [0, 0.1) is 0 Å². The Kier molecular flexibility index (Phi) is 39.6. The summed E-state index contributed by atoms with van der Waals surface area (Å²) in [5, 5.41) is 365. The van der Waals surface area contributed by atoms with Crippen molar-refractivity contribution < 1.29 is 282 Å². The molecule has 10 aliphatic rings. The Labute approximate surface area is 761 Å². The van der Waals surface area contributed by atoms with Crippen molar-refractivity contribution in [3.63, 3.8) is 0 Å². The quantitative estimate of drug-likeness (QED) is 0.0273. The van der Waals surface area contributed by atoms with Crippen LogP contribution in [0.1, 0.15) is 40.5 Å². The van der Waals surface area contributed by atoms with Gasteiger partial charge in [0, 0.05) is 40.5 Å². The maximum atomic E-state index is 13.3. The van der Waals surface area contributed by atoms with E-state index in [-0.39, 0.29) is 0 Å². The average molecular weight is 1980 g/mol. The lowest BCUT2D eigenvalue weighted by atomic mass is 9.88. The molecule has 36 N–H and O–H groups in total. The molecule has 0 aromatic carbocycles. The molecule has 0 radical (unpaired) electrons. The van der Waals surface area contributed by atoms with Crippen molar-refractivity contribution >= 4 is 35.6 Å². The Morgan fingerprint density at radius 3 is 1.06 bits per heavy atom. The van der Waals surface area contributed by atoms with E-state index in [9.17, 15) is 192 Å². The van der Waals surface area contributed by atoms with Gasteiger partial charge in [0.2, 0.25) is 23.6 Å². The fraction of sp³-hybridized carbons (Fsp3) is 0.919. The Bertz CT molecular complexity index is 3790. The zero-order chi connectivity index (χ0) is 100. The Morgan fingerprint density at radius 2 is 0.630 bits per heavy atom. The topological polar surface area (TPSA) is 973 Å². The molecule has 10 saturated heterocycles. The number of carboxylic acids is 2. The predicted molar refractivity (Wildman–Crippen MR) is 410 cm³/mol. The van der Waals surface area contributed by atoms with Crippen LogP contribution in [0.25, 0.3) is 0 Å². The summed E-state index contributed by atoms with van der Waals surface area (Å²) in [4.78, 5) is 77.0. The molecule has 10 fully saturated rings. The molecule has 0 aromatic heterocycles. The fourth-order valence-electron chi connectivity index (χ4n) is 17.2. The van der Waals surface area contributed by atoms with Gasteiger partial charge in [-0.3, -0.25) is 19.2 Å². The summed E-state index contributed by atoms with van der Waals surface area (Å²) < 4.78 is 111. The summed E-state index contributed by atoms with van der Waals surface area (Å²) in [5.41, 5.74) is 0. The number of ether oxygens (including phenoxy) is 19. The van der Waals surface area contributed by atoms with Gasteiger partial charge in [-0.25, -0.2) is 9.59 Å². The highest BCUT2D eigenvalue weighted by Crippen LogP contribution is 2.44. The number of nitrogens with one attached hydrogen (secondary N) is 4. The largest absolute Gasteiger partial charge is 0.477 e. The summed E-state index contributed by atoms with van der Waals surface area (Å²) in [6.45, 7) is -8.69. The van der Waals surface area contributed by atoms with Crippen LogP contribution in [0.4, 0.5) is 0 Å². The van der Waals surface area contributed by atoms with Crippen LogP contribution in [0.2, 0.25) is 0 Å². The first-order chi connectivity index (χ1) is 63.5. The molecule has 61 heteroatoms. The summed E-state index contributed by atoms with van der Waals surface area (Å²) in [6, 6.07) is -7.66. The molecular weight excluding hydrogens is 1860 g/mol. The van der Waals surface area contributed by atoms with E-state index >= 15 is 0 Å². The minimum atomic E-state index is -3.33. The van der Waals surface area contributed by atoms with E-state index in [1.807, 2.05) is 0 Å². The number of amides is 4.